The highest BCUT2D eigenvalue weighted by Crippen LogP contribution is 2.24. The Morgan fingerprint density at radius 3 is 2.18 bits per heavy atom. The molecule has 1 aliphatic rings. The summed E-state index contributed by atoms with van der Waals surface area (Å²) in [5.74, 6) is 0.304. The summed E-state index contributed by atoms with van der Waals surface area (Å²) in [6, 6.07) is 8.43. The van der Waals surface area contributed by atoms with Gasteiger partial charge in [0.2, 0.25) is 0 Å². The summed E-state index contributed by atoms with van der Waals surface area (Å²) in [7, 11) is 0. The van der Waals surface area contributed by atoms with Crippen LogP contribution in [0.5, 0.6) is 0 Å². The normalized spacial score (nSPS) is 17.1. The largest absolute Gasteiger partial charge is 0.372 e. The first-order valence-electron chi connectivity index (χ1n) is 6.33. The zero-order chi connectivity index (χ0) is 12.3. The summed E-state index contributed by atoms with van der Waals surface area (Å²) in [6.07, 6.45) is 3.68. The second-order valence-corrected chi connectivity index (χ2v) is 4.36. The lowest BCUT2D eigenvalue weighted by molar-refractivity contribution is -0.118. The number of hydrogen-bond acceptors (Lipinski definition) is 2. The molecule has 0 spiro atoms. The van der Waals surface area contributed by atoms with Crippen LogP contribution in [0.15, 0.2) is 29.8 Å². The zero-order valence-corrected chi connectivity index (χ0v) is 10.6. The molecule has 0 unspecified atom stereocenters. The molecule has 0 aliphatic heterocycles. The summed E-state index contributed by atoms with van der Waals surface area (Å²) in [4.78, 5) is 13.5. The predicted molar refractivity (Wildman–Crippen MR) is 72.2 cm³/mol. The molecule has 1 fully saturated rings. The van der Waals surface area contributed by atoms with Crippen molar-refractivity contribution in [3.8, 4) is 0 Å². The number of anilines is 1. The van der Waals surface area contributed by atoms with Crippen LogP contribution in [0.4, 0.5) is 5.69 Å². The number of allylic oxidation sites excluding steroid dienone is 1. The van der Waals surface area contributed by atoms with Crippen LogP contribution >= 0.6 is 0 Å². The molecular weight excluding hydrogens is 210 g/mol. The first-order valence-corrected chi connectivity index (χ1v) is 6.33. The first kappa shape index (κ1) is 11.9. The zero-order valence-electron chi connectivity index (χ0n) is 10.6. The molecule has 0 N–H and O–H groups in total. The van der Waals surface area contributed by atoms with Gasteiger partial charge in [-0.1, -0.05) is 12.1 Å². The Morgan fingerprint density at radius 2 is 1.76 bits per heavy atom. The third-order valence-electron chi connectivity index (χ3n) is 3.34. The van der Waals surface area contributed by atoms with Gasteiger partial charge in [-0.25, -0.2) is 0 Å². The standard InChI is InChI=1S/C15H19NO/c1-3-16(4-2)14-8-5-12(6-9-14)11-13-7-10-15(13)17/h5-6,8-9,11H,3-4,7,10H2,1-2H3/b13-11-. The van der Waals surface area contributed by atoms with Crippen LogP contribution in [0, 0.1) is 0 Å². The summed E-state index contributed by atoms with van der Waals surface area (Å²) in [5.41, 5.74) is 3.35. The summed E-state index contributed by atoms with van der Waals surface area (Å²) < 4.78 is 0. The number of hydrogen-bond donors (Lipinski definition) is 0. The average molecular weight is 229 g/mol. The van der Waals surface area contributed by atoms with E-state index in [1.165, 1.54) is 5.69 Å². The van der Waals surface area contributed by atoms with Crippen molar-refractivity contribution < 1.29 is 4.79 Å². The number of benzene rings is 1. The van der Waals surface area contributed by atoms with Crippen LogP contribution in [-0.2, 0) is 4.79 Å². The number of carbonyl (C=O) groups is 1. The van der Waals surface area contributed by atoms with Crippen molar-refractivity contribution in [1.29, 1.82) is 0 Å². The van der Waals surface area contributed by atoms with Gasteiger partial charge in [-0.3, -0.25) is 4.79 Å². The highest BCUT2D eigenvalue weighted by Gasteiger charge is 2.19. The number of Topliss-reactive ketones (excluding diaryl/α,β-unsaturated/α-hetero) is 1. The molecule has 0 atom stereocenters. The third-order valence-corrected chi connectivity index (χ3v) is 3.34. The molecule has 0 radical (unpaired) electrons. The maximum atomic E-state index is 11.2. The van der Waals surface area contributed by atoms with Crippen LogP contribution in [-0.4, -0.2) is 18.9 Å². The SMILES string of the molecule is CCN(CC)c1ccc(/C=C2/CCC2=O)cc1. The second kappa shape index (κ2) is 5.17. The molecule has 1 aromatic carbocycles. The highest BCUT2D eigenvalue weighted by molar-refractivity contribution is 6.05. The van der Waals surface area contributed by atoms with Gasteiger partial charge in [-0.05, 0) is 49.6 Å². The average Bonchev–Trinajstić information content (AvgIpc) is 2.37. The van der Waals surface area contributed by atoms with E-state index in [9.17, 15) is 4.79 Å². The van der Waals surface area contributed by atoms with E-state index < -0.39 is 0 Å². The topological polar surface area (TPSA) is 20.3 Å². The predicted octanol–water partition coefficient (Wildman–Crippen LogP) is 3.28. The summed E-state index contributed by atoms with van der Waals surface area (Å²) in [5, 5.41) is 0. The summed E-state index contributed by atoms with van der Waals surface area (Å²) >= 11 is 0. The Labute approximate surface area is 103 Å². The Morgan fingerprint density at radius 1 is 1.12 bits per heavy atom. The number of rotatable bonds is 4. The second-order valence-electron chi connectivity index (χ2n) is 4.36. The van der Waals surface area contributed by atoms with Crippen molar-refractivity contribution in [1.82, 2.24) is 0 Å². The van der Waals surface area contributed by atoms with Gasteiger partial charge >= 0.3 is 0 Å². The van der Waals surface area contributed by atoms with Gasteiger partial charge in [0.1, 0.15) is 0 Å². The molecule has 0 bridgehead atoms. The van der Waals surface area contributed by atoms with Crippen molar-refractivity contribution in [3.05, 3.63) is 35.4 Å². The molecule has 1 aromatic rings. The summed E-state index contributed by atoms with van der Waals surface area (Å²) in [6.45, 7) is 6.36. The molecule has 0 heterocycles. The fourth-order valence-electron chi connectivity index (χ4n) is 2.10. The minimum absolute atomic E-state index is 0.304. The molecule has 1 saturated carbocycles. The Hall–Kier alpha value is -1.57. The number of carbonyl (C=O) groups excluding carboxylic acids is 1. The van der Waals surface area contributed by atoms with Gasteiger partial charge in [0.25, 0.3) is 0 Å². The van der Waals surface area contributed by atoms with Crippen LogP contribution in [0.2, 0.25) is 0 Å². The Kier molecular flexibility index (Phi) is 3.62. The maximum absolute atomic E-state index is 11.2. The van der Waals surface area contributed by atoms with Gasteiger partial charge in [-0.15, -0.1) is 0 Å². The molecule has 90 valence electrons. The third kappa shape index (κ3) is 2.57. The fourth-order valence-corrected chi connectivity index (χ4v) is 2.10. The minimum atomic E-state index is 0.304. The molecule has 0 saturated heterocycles. The lowest BCUT2D eigenvalue weighted by Gasteiger charge is -2.21. The molecule has 17 heavy (non-hydrogen) atoms. The fraction of sp³-hybridized carbons (Fsp3) is 0.400. The molecule has 1 aliphatic carbocycles. The monoisotopic (exact) mass is 229 g/mol. The van der Waals surface area contributed by atoms with E-state index in [-0.39, 0.29) is 0 Å². The maximum Gasteiger partial charge on any atom is 0.159 e. The molecule has 0 aromatic heterocycles. The van der Waals surface area contributed by atoms with Crippen LogP contribution < -0.4 is 4.90 Å². The molecule has 0 amide bonds. The first-order chi connectivity index (χ1) is 8.24. The molecular formula is C15H19NO. The molecule has 2 heteroatoms. The van der Waals surface area contributed by atoms with Crippen molar-refractivity contribution >= 4 is 17.5 Å². The number of nitrogens with zero attached hydrogens (tertiary/aromatic N) is 1. The van der Waals surface area contributed by atoms with Gasteiger partial charge < -0.3 is 4.90 Å². The molecule has 2 rings (SSSR count). The highest BCUT2D eigenvalue weighted by atomic mass is 16.1. The number of ketones is 1. The van der Waals surface area contributed by atoms with Crippen LogP contribution in [0.3, 0.4) is 0 Å². The van der Waals surface area contributed by atoms with Crippen LogP contribution in [0.1, 0.15) is 32.3 Å². The van der Waals surface area contributed by atoms with E-state index in [2.05, 4.69) is 43.0 Å². The van der Waals surface area contributed by atoms with Crippen molar-refractivity contribution in [3.63, 3.8) is 0 Å². The Bertz CT molecular complexity index is 427. The van der Waals surface area contributed by atoms with Crippen molar-refractivity contribution in [2.45, 2.75) is 26.7 Å². The van der Waals surface area contributed by atoms with Crippen molar-refractivity contribution in [2.24, 2.45) is 0 Å². The van der Waals surface area contributed by atoms with E-state index >= 15 is 0 Å². The lowest BCUT2D eigenvalue weighted by atomic mass is 9.89. The van der Waals surface area contributed by atoms with E-state index in [1.54, 1.807) is 0 Å². The van der Waals surface area contributed by atoms with E-state index in [4.69, 9.17) is 0 Å². The van der Waals surface area contributed by atoms with Gasteiger partial charge in [0.15, 0.2) is 5.78 Å². The Balaban J connectivity index is 2.13. The smallest absolute Gasteiger partial charge is 0.159 e. The quantitative estimate of drug-likeness (QED) is 0.738. The lowest BCUT2D eigenvalue weighted by Crippen LogP contribution is -2.21. The van der Waals surface area contributed by atoms with Gasteiger partial charge in [0, 0.05) is 25.2 Å². The van der Waals surface area contributed by atoms with Crippen molar-refractivity contribution in [2.75, 3.05) is 18.0 Å². The van der Waals surface area contributed by atoms with Gasteiger partial charge in [0.05, 0.1) is 0 Å². The van der Waals surface area contributed by atoms with E-state index in [1.807, 2.05) is 6.08 Å². The van der Waals surface area contributed by atoms with Gasteiger partial charge in [-0.2, -0.15) is 0 Å². The molecule has 2 nitrogen and oxygen atoms in total. The minimum Gasteiger partial charge on any atom is -0.372 e. The van der Waals surface area contributed by atoms with E-state index in [0.29, 0.717) is 5.78 Å². The van der Waals surface area contributed by atoms with E-state index in [0.717, 1.165) is 37.1 Å². The van der Waals surface area contributed by atoms with Crippen LogP contribution in [0.25, 0.3) is 6.08 Å².